The molecule has 1 rings (SSSR count). The highest BCUT2D eigenvalue weighted by Gasteiger charge is 2.07. The normalized spacial score (nSPS) is 11.1. The van der Waals surface area contributed by atoms with Gasteiger partial charge in [0.1, 0.15) is 13.8 Å². The lowest BCUT2D eigenvalue weighted by Crippen LogP contribution is -2.16. The van der Waals surface area contributed by atoms with Crippen molar-refractivity contribution in [2.75, 3.05) is 0 Å². The van der Waals surface area contributed by atoms with Gasteiger partial charge in [-0.2, -0.15) is 0 Å². The smallest absolute Gasteiger partial charge is 0.129 e. The van der Waals surface area contributed by atoms with Crippen molar-refractivity contribution in [1.29, 1.82) is 0 Å². The molecule has 2 heteroatoms. The first-order valence-corrected chi connectivity index (χ1v) is 9.31. The van der Waals surface area contributed by atoms with E-state index < -0.39 is 8.07 Å². The maximum atomic E-state index is 5.26. The van der Waals surface area contributed by atoms with Crippen LogP contribution in [-0.4, -0.2) is 8.07 Å². The van der Waals surface area contributed by atoms with E-state index in [9.17, 15) is 0 Å². The highest BCUT2D eigenvalue weighted by molar-refractivity contribution is 6.83. The zero-order valence-corrected chi connectivity index (χ0v) is 12.3. The molecule has 1 aromatic heterocycles. The molecule has 0 N–H and O–H groups in total. The van der Waals surface area contributed by atoms with E-state index in [4.69, 9.17) is 4.42 Å². The molecule has 1 heterocycles. The first-order valence-electron chi connectivity index (χ1n) is 5.81. The van der Waals surface area contributed by atoms with Gasteiger partial charge in [-0.05, 0) is 38.1 Å². The predicted molar refractivity (Wildman–Crippen MR) is 77.2 cm³/mol. The fraction of sp³-hybridized carbons (Fsp3) is 0.333. The Morgan fingerprint density at radius 1 is 1.29 bits per heavy atom. The van der Waals surface area contributed by atoms with Crippen molar-refractivity contribution in [2.24, 2.45) is 0 Å². The van der Waals surface area contributed by atoms with Crippen molar-refractivity contribution in [3.05, 3.63) is 41.4 Å². The van der Waals surface area contributed by atoms with Gasteiger partial charge in [0.05, 0.1) is 6.26 Å². The molecule has 0 fully saturated rings. The Kier molecular flexibility index (Phi) is 4.59. The number of allylic oxidation sites excluding steroid dienone is 3. The molecule has 0 amide bonds. The summed E-state index contributed by atoms with van der Waals surface area (Å²) < 4.78 is 5.26. The van der Waals surface area contributed by atoms with Gasteiger partial charge in [0.2, 0.25) is 0 Å². The van der Waals surface area contributed by atoms with Gasteiger partial charge < -0.3 is 4.42 Å². The van der Waals surface area contributed by atoms with Crippen molar-refractivity contribution in [3.8, 4) is 11.5 Å². The van der Waals surface area contributed by atoms with E-state index in [0.29, 0.717) is 0 Å². The molecular weight excluding hydrogens is 224 g/mol. The molecular formula is C15H20OSi. The summed E-state index contributed by atoms with van der Waals surface area (Å²) in [4.78, 5) is 0. The summed E-state index contributed by atoms with van der Waals surface area (Å²) in [6.07, 6.45) is 5.66. The summed E-state index contributed by atoms with van der Waals surface area (Å²) in [6.45, 7) is 10.9. The van der Waals surface area contributed by atoms with Crippen LogP contribution < -0.4 is 0 Å². The van der Waals surface area contributed by atoms with Crippen molar-refractivity contribution in [1.82, 2.24) is 0 Å². The van der Waals surface area contributed by atoms with Crippen molar-refractivity contribution < 1.29 is 4.42 Å². The lowest BCUT2D eigenvalue weighted by molar-refractivity contribution is 0.557. The van der Waals surface area contributed by atoms with Crippen LogP contribution in [0.15, 0.2) is 40.0 Å². The van der Waals surface area contributed by atoms with Gasteiger partial charge in [-0.1, -0.05) is 31.1 Å². The molecule has 1 nitrogen and oxygen atoms in total. The number of rotatable bonds is 2. The van der Waals surface area contributed by atoms with E-state index in [1.807, 2.05) is 24.3 Å². The molecule has 0 atom stereocenters. The van der Waals surface area contributed by atoms with Crippen LogP contribution in [0, 0.1) is 11.5 Å². The predicted octanol–water partition coefficient (Wildman–Crippen LogP) is 4.51. The van der Waals surface area contributed by atoms with Crippen LogP contribution in [0.2, 0.25) is 19.6 Å². The highest BCUT2D eigenvalue weighted by atomic mass is 28.3. The molecule has 0 saturated heterocycles. The minimum Gasteiger partial charge on any atom is -0.465 e. The Morgan fingerprint density at radius 2 is 2.00 bits per heavy atom. The Labute approximate surface area is 105 Å². The molecule has 0 aliphatic heterocycles. The molecule has 0 spiro atoms. The Hall–Kier alpha value is -1.46. The lowest BCUT2D eigenvalue weighted by Gasteiger charge is -2.04. The van der Waals surface area contributed by atoms with E-state index in [0.717, 1.165) is 11.3 Å². The van der Waals surface area contributed by atoms with Crippen molar-refractivity contribution in [3.63, 3.8) is 0 Å². The van der Waals surface area contributed by atoms with Crippen LogP contribution in [0.4, 0.5) is 0 Å². The highest BCUT2D eigenvalue weighted by Crippen LogP contribution is 2.09. The van der Waals surface area contributed by atoms with Crippen LogP contribution in [-0.2, 0) is 0 Å². The first kappa shape index (κ1) is 13.6. The molecule has 0 unspecified atom stereocenters. The maximum Gasteiger partial charge on any atom is 0.129 e. The molecule has 17 heavy (non-hydrogen) atoms. The molecule has 0 radical (unpaired) electrons. The van der Waals surface area contributed by atoms with Gasteiger partial charge in [-0.25, -0.2) is 0 Å². The molecule has 0 bridgehead atoms. The second-order valence-electron chi connectivity index (χ2n) is 5.26. The fourth-order valence-electron chi connectivity index (χ4n) is 1.14. The molecule has 0 aliphatic rings. The van der Waals surface area contributed by atoms with Gasteiger partial charge >= 0.3 is 0 Å². The van der Waals surface area contributed by atoms with Crippen LogP contribution in [0.1, 0.15) is 19.6 Å². The maximum absolute atomic E-state index is 5.26. The SMILES string of the molecule is CC(C)=C(C#C[Si](C)(C)C)/C=C/c1ccco1. The summed E-state index contributed by atoms with van der Waals surface area (Å²) in [7, 11) is -1.31. The standard InChI is InChI=1S/C15H20OSi/c1-13(2)14(10-12-17(3,4)5)8-9-15-7-6-11-16-15/h6-9,11H,1-5H3/b9-8+. The second kappa shape index (κ2) is 5.74. The average Bonchev–Trinajstić information content (AvgIpc) is 2.68. The van der Waals surface area contributed by atoms with E-state index in [1.165, 1.54) is 5.57 Å². The quantitative estimate of drug-likeness (QED) is 0.424. The van der Waals surface area contributed by atoms with E-state index >= 15 is 0 Å². The molecule has 1 aromatic rings. The summed E-state index contributed by atoms with van der Waals surface area (Å²) >= 11 is 0. The molecule has 0 aromatic carbocycles. The third kappa shape index (κ3) is 5.42. The van der Waals surface area contributed by atoms with Gasteiger partial charge in [-0.3, -0.25) is 0 Å². The summed E-state index contributed by atoms with van der Waals surface area (Å²) in [5, 5.41) is 0. The summed E-state index contributed by atoms with van der Waals surface area (Å²) in [6, 6.07) is 3.82. The van der Waals surface area contributed by atoms with E-state index in [-0.39, 0.29) is 0 Å². The van der Waals surface area contributed by atoms with Crippen LogP contribution in [0.3, 0.4) is 0 Å². The molecule has 0 aliphatic carbocycles. The first-order chi connectivity index (χ1) is 7.88. The minimum atomic E-state index is -1.31. The largest absolute Gasteiger partial charge is 0.465 e. The number of hydrogen-bond donors (Lipinski definition) is 0. The monoisotopic (exact) mass is 244 g/mol. The van der Waals surface area contributed by atoms with Crippen LogP contribution in [0.5, 0.6) is 0 Å². The van der Waals surface area contributed by atoms with E-state index in [2.05, 4.69) is 45.0 Å². The van der Waals surface area contributed by atoms with Gasteiger partial charge in [0.15, 0.2) is 0 Å². The molecule has 90 valence electrons. The zero-order chi connectivity index (χ0) is 12.9. The third-order valence-corrected chi connectivity index (χ3v) is 2.94. The Morgan fingerprint density at radius 3 is 2.47 bits per heavy atom. The van der Waals surface area contributed by atoms with Gasteiger partial charge in [-0.15, -0.1) is 5.54 Å². The number of furan rings is 1. The van der Waals surface area contributed by atoms with Crippen molar-refractivity contribution >= 4 is 14.1 Å². The van der Waals surface area contributed by atoms with Crippen LogP contribution in [0.25, 0.3) is 6.08 Å². The Bertz CT molecular complexity index is 469. The average molecular weight is 244 g/mol. The summed E-state index contributed by atoms with van der Waals surface area (Å²) in [5.41, 5.74) is 5.70. The van der Waals surface area contributed by atoms with Gasteiger partial charge in [0, 0.05) is 5.57 Å². The van der Waals surface area contributed by atoms with E-state index in [1.54, 1.807) is 6.26 Å². The van der Waals surface area contributed by atoms with Crippen LogP contribution >= 0.6 is 0 Å². The molecule has 0 saturated carbocycles. The van der Waals surface area contributed by atoms with Crippen molar-refractivity contribution in [2.45, 2.75) is 33.5 Å². The zero-order valence-electron chi connectivity index (χ0n) is 11.3. The second-order valence-corrected chi connectivity index (χ2v) is 10.0. The summed E-state index contributed by atoms with van der Waals surface area (Å²) in [5.74, 6) is 4.14. The minimum absolute atomic E-state index is 0.860. The van der Waals surface area contributed by atoms with Gasteiger partial charge in [0.25, 0.3) is 0 Å². The topological polar surface area (TPSA) is 13.1 Å². The Balaban J connectivity index is 2.90. The lowest BCUT2D eigenvalue weighted by atomic mass is 10.1. The fourth-order valence-corrected chi connectivity index (χ4v) is 1.65. The third-order valence-electron chi connectivity index (χ3n) is 2.07. The number of hydrogen-bond acceptors (Lipinski definition) is 1.